The Morgan fingerprint density at radius 3 is 2.32 bits per heavy atom. The molecule has 1 amide bonds. The van der Waals surface area contributed by atoms with E-state index in [1.165, 1.54) is 0 Å². The second kappa shape index (κ2) is 15.5. The number of ether oxygens (including phenoxy) is 3. The van der Waals surface area contributed by atoms with Gasteiger partial charge in [0.15, 0.2) is 6.10 Å². The number of carbonyl (C=O) groups is 2. The van der Waals surface area contributed by atoms with Crippen LogP contribution in [0.5, 0.6) is 5.75 Å². The van der Waals surface area contributed by atoms with Gasteiger partial charge in [0.05, 0.1) is 6.54 Å². The van der Waals surface area contributed by atoms with Gasteiger partial charge in [-0.1, -0.05) is 25.5 Å². The average Bonchev–Trinajstić information content (AvgIpc) is 2.77. The van der Waals surface area contributed by atoms with Crippen LogP contribution >= 0.6 is 0 Å². The van der Waals surface area contributed by atoms with Crippen LogP contribution in [0.1, 0.15) is 65.4 Å². The van der Waals surface area contributed by atoms with E-state index >= 15 is 0 Å². The first-order chi connectivity index (χ1) is 16.1. The Balaban J connectivity index is 2.57. The summed E-state index contributed by atoms with van der Waals surface area (Å²) >= 11 is 0. The van der Waals surface area contributed by atoms with Crippen molar-refractivity contribution in [1.82, 2.24) is 4.90 Å². The zero-order chi connectivity index (χ0) is 25.6. The molecule has 0 radical (unpaired) electrons. The van der Waals surface area contributed by atoms with Crippen molar-refractivity contribution in [2.75, 3.05) is 26.3 Å². The number of rotatable bonds is 17. The topological polar surface area (TPSA) is 85.3 Å². The van der Waals surface area contributed by atoms with E-state index < -0.39 is 24.1 Å². The van der Waals surface area contributed by atoms with E-state index in [2.05, 4.69) is 0 Å². The number of hydrogen-bond donors (Lipinski definition) is 1. The predicted molar refractivity (Wildman–Crippen MR) is 126 cm³/mol. The molecule has 1 rings (SSSR count). The molecule has 0 aliphatic rings. The molecule has 0 aliphatic heterocycles. The molecule has 1 aromatic carbocycles. The van der Waals surface area contributed by atoms with Gasteiger partial charge in [-0.15, -0.1) is 0 Å². The third-order valence-electron chi connectivity index (χ3n) is 5.30. The maximum atomic E-state index is 13.0. The van der Waals surface area contributed by atoms with Crippen molar-refractivity contribution >= 4 is 12.1 Å². The van der Waals surface area contributed by atoms with Gasteiger partial charge in [0.2, 0.25) is 5.92 Å². The number of halogens is 2. The number of carboxylic acids is 1. The van der Waals surface area contributed by atoms with Gasteiger partial charge >= 0.3 is 12.1 Å². The van der Waals surface area contributed by atoms with Crippen molar-refractivity contribution in [3.05, 3.63) is 29.8 Å². The van der Waals surface area contributed by atoms with Crippen LogP contribution in [-0.2, 0) is 20.7 Å². The summed E-state index contributed by atoms with van der Waals surface area (Å²) in [4.78, 5) is 25.3. The molecule has 1 N–H and O–H groups in total. The normalized spacial score (nSPS) is 13.2. The highest BCUT2D eigenvalue weighted by Crippen LogP contribution is 2.20. The molecule has 0 saturated carbocycles. The van der Waals surface area contributed by atoms with E-state index in [1.807, 2.05) is 13.8 Å². The second-order valence-electron chi connectivity index (χ2n) is 8.45. The average molecular weight is 488 g/mol. The van der Waals surface area contributed by atoms with Crippen LogP contribution in [0.2, 0.25) is 0 Å². The van der Waals surface area contributed by atoms with Crippen LogP contribution in [0.4, 0.5) is 13.6 Å². The number of carboxylic acid groups (broad SMARTS) is 1. The number of benzene rings is 1. The fourth-order valence-electron chi connectivity index (χ4n) is 3.17. The second-order valence-corrected chi connectivity index (χ2v) is 8.45. The maximum absolute atomic E-state index is 13.0. The Morgan fingerprint density at radius 1 is 1.09 bits per heavy atom. The Morgan fingerprint density at radius 2 is 1.76 bits per heavy atom. The number of unbranched alkanes of at least 4 members (excludes halogenated alkanes) is 2. The Kier molecular flexibility index (Phi) is 13.5. The monoisotopic (exact) mass is 487 g/mol. The standard InChI is InChI=1S/C25H39F2NO6/c1-5-19(3)34-24(31)28(15-9-7-8-14-25(4,26)27)16-17-33-21-12-10-20(11-13-21)18-22(23(29)30)32-6-2/h10-13,19,22H,5-9,14-18H2,1-4H3,(H,29,30). The van der Waals surface area contributed by atoms with Crippen LogP contribution in [0.25, 0.3) is 0 Å². The van der Waals surface area contributed by atoms with Crippen molar-refractivity contribution < 1.29 is 37.7 Å². The quantitative estimate of drug-likeness (QED) is 0.290. The summed E-state index contributed by atoms with van der Waals surface area (Å²) in [5.41, 5.74) is 0.810. The smallest absolute Gasteiger partial charge is 0.410 e. The van der Waals surface area contributed by atoms with Gasteiger partial charge in [-0.2, -0.15) is 0 Å². The largest absolute Gasteiger partial charge is 0.492 e. The van der Waals surface area contributed by atoms with Crippen LogP contribution in [0.3, 0.4) is 0 Å². The summed E-state index contributed by atoms with van der Waals surface area (Å²) < 4.78 is 42.3. The van der Waals surface area contributed by atoms with Crippen LogP contribution in [-0.4, -0.2) is 66.5 Å². The summed E-state index contributed by atoms with van der Waals surface area (Å²) in [6.07, 6.45) is 0.822. The van der Waals surface area contributed by atoms with E-state index in [9.17, 15) is 23.5 Å². The maximum Gasteiger partial charge on any atom is 0.410 e. The lowest BCUT2D eigenvalue weighted by Gasteiger charge is -2.24. The minimum absolute atomic E-state index is 0.165. The first kappa shape index (κ1) is 29.6. The molecule has 2 atom stereocenters. The number of aliphatic carboxylic acids is 1. The molecule has 0 heterocycles. The molecule has 1 aromatic rings. The molecule has 0 bridgehead atoms. The molecule has 0 fully saturated rings. The minimum Gasteiger partial charge on any atom is -0.492 e. The zero-order valence-electron chi connectivity index (χ0n) is 20.7. The lowest BCUT2D eigenvalue weighted by Crippen LogP contribution is -2.37. The predicted octanol–water partition coefficient (Wildman–Crippen LogP) is 5.55. The fraction of sp³-hybridized carbons (Fsp3) is 0.680. The zero-order valence-corrected chi connectivity index (χ0v) is 20.7. The molecular formula is C25H39F2NO6. The molecule has 0 saturated heterocycles. The van der Waals surface area contributed by atoms with E-state index in [4.69, 9.17) is 14.2 Å². The Labute approximate surface area is 201 Å². The molecule has 0 aromatic heterocycles. The molecule has 7 nitrogen and oxygen atoms in total. The third kappa shape index (κ3) is 12.7. The highest BCUT2D eigenvalue weighted by atomic mass is 19.3. The van der Waals surface area contributed by atoms with Crippen molar-refractivity contribution in [1.29, 1.82) is 0 Å². The van der Waals surface area contributed by atoms with E-state index in [0.29, 0.717) is 51.1 Å². The minimum atomic E-state index is -2.67. The molecule has 194 valence electrons. The van der Waals surface area contributed by atoms with Crippen molar-refractivity contribution in [3.8, 4) is 5.75 Å². The number of carbonyl (C=O) groups excluding carboxylic acids is 1. The number of hydrogen-bond acceptors (Lipinski definition) is 5. The summed E-state index contributed by atoms with van der Waals surface area (Å²) in [6, 6.07) is 7.05. The van der Waals surface area contributed by atoms with Gasteiger partial charge in [0, 0.05) is 26.0 Å². The molecular weight excluding hydrogens is 448 g/mol. The third-order valence-corrected chi connectivity index (χ3v) is 5.30. The number of alkyl halides is 2. The van der Waals surface area contributed by atoms with Gasteiger partial charge in [-0.05, 0) is 57.7 Å². The van der Waals surface area contributed by atoms with Crippen LogP contribution in [0, 0.1) is 0 Å². The van der Waals surface area contributed by atoms with Gasteiger partial charge in [0.1, 0.15) is 18.5 Å². The van der Waals surface area contributed by atoms with Gasteiger partial charge in [-0.3, -0.25) is 0 Å². The number of amides is 1. The molecule has 0 spiro atoms. The van der Waals surface area contributed by atoms with E-state index in [1.54, 1.807) is 36.1 Å². The summed E-state index contributed by atoms with van der Waals surface area (Å²) in [5.74, 6) is -3.08. The van der Waals surface area contributed by atoms with Crippen LogP contribution < -0.4 is 4.74 Å². The molecule has 34 heavy (non-hydrogen) atoms. The first-order valence-corrected chi connectivity index (χ1v) is 11.9. The molecule has 2 unspecified atom stereocenters. The molecule has 0 aliphatic carbocycles. The van der Waals surface area contributed by atoms with Crippen molar-refractivity contribution in [2.45, 2.75) is 84.4 Å². The highest BCUT2D eigenvalue weighted by Gasteiger charge is 2.21. The lowest BCUT2D eigenvalue weighted by molar-refractivity contribution is -0.149. The SMILES string of the molecule is CCOC(Cc1ccc(OCCN(CCCCCC(C)(F)F)C(=O)OC(C)CC)cc1)C(=O)O. The van der Waals surface area contributed by atoms with Gasteiger partial charge in [0.25, 0.3) is 0 Å². The summed E-state index contributed by atoms with van der Waals surface area (Å²) in [6.45, 7) is 7.66. The fourth-order valence-corrected chi connectivity index (χ4v) is 3.17. The van der Waals surface area contributed by atoms with Crippen LogP contribution in [0.15, 0.2) is 24.3 Å². The summed E-state index contributed by atoms with van der Waals surface area (Å²) in [7, 11) is 0. The van der Waals surface area contributed by atoms with Gasteiger partial charge < -0.3 is 24.2 Å². The Bertz CT molecular complexity index is 723. The highest BCUT2D eigenvalue weighted by molar-refractivity contribution is 5.72. The lowest BCUT2D eigenvalue weighted by atomic mass is 10.1. The first-order valence-electron chi connectivity index (χ1n) is 11.9. The van der Waals surface area contributed by atoms with E-state index in [-0.39, 0.29) is 25.6 Å². The van der Waals surface area contributed by atoms with Crippen molar-refractivity contribution in [3.63, 3.8) is 0 Å². The Hall–Kier alpha value is -2.42. The number of nitrogens with zero attached hydrogens (tertiary/aromatic N) is 1. The van der Waals surface area contributed by atoms with E-state index in [0.717, 1.165) is 12.5 Å². The molecule has 9 heteroatoms. The van der Waals surface area contributed by atoms with Crippen molar-refractivity contribution in [2.24, 2.45) is 0 Å². The van der Waals surface area contributed by atoms with Gasteiger partial charge in [-0.25, -0.2) is 18.4 Å². The summed E-state index contributed by atoms with van der Waals surface area (Å²) in [5, 5.41) is 9.21.